The molecule has 0 aliphatic heterocycles. The largest absolute Gasteiger partial charge is 0.369 e. The monoisotopic (exact) mass is 301 g/mol. The van der Waals surface area contributed by atoms with Gasteiger partial charge in [0.15, 0.2) is 9.84 Å². The lowest BCUT2D eigenvalue weighted by molar-refractivity contribution is 0.602. The Balaban J connectivity index is 2.21. The molecule has 0 saturated heterocycles. The first kappa shape index (κ1) is 13.6. The average Bonchev–Trinajstić information content (AvgIpc) is 2.76. The SMILES string of the molecule is Cc1cccc2c1nc(N)n2-c1ccc(S(C)(=O)=O)cc1. The minimum atomic E-state index is -3.20. The molecule has 108 valence electrons. The first-order valence-electron chi connectivity index (χ1n) is 6.42. The molecule has 3 aromatic rings. The van der Waals surface area contributed by atoms with Crippen molar-refractivity contribution in [1.29, 1.82) is 0 Å². The van der Waals surface area contributed by atoms with Gasteiger partial charge in [0.25, 0.3) is 0 Å². The zero-order valence-corrected chi connectivity index (χ0v) is 12.6. The maximum Gasteiger partial charge on any atom is 0.205 e. The van der Waals surface area contributed by atoms with Gasteiger partial charge in [-0.05, 0) is 42.8 Å². The highest BCUT2D eigenvalue weighted by molar-refractivity contribution is 7.90. The molecule has 0 amide bonds. The summed E-state index contributed by atoms with van der Waals surface area (Å²) in [5.41, 5.74) is 9.60. The van der Waals surface area contributed by atoms with Crippen molar-refractivity contribution in [2.24, 2.45) is 0 Å². The van der Waals surface area contributed by atoms with E-state index >= 15 is 0 Å². The molecule has 0 unspecified atom stereocenters. The van der Waals surface area contributed by atoms with Crippen LogP contribution in [-0.4, -0.2) is 24.2 Å². The Labute approximate surface area is 123 Å². The zero-order valence-electron chi connectivity index (χ0n) is 11.7. The van der Waals surface area contributed by atoms with E-state index in [1.807, 2.05) is 29.7 Å². The van der Waals surface area contributed by atoms with E-state index in [2.05, 4.69) is 4.98 Å². The molecule has 0 atom stereocenters. The zero-order chi connectivity index (χ0) is 15.2. The predicted octanol–water partition coefficient (Wildman–Crippen LogP) is 2.32. The summed E-state index contributed by atoms with van der Waals surface area (Å²) >= 11 is 0. The van der Waals surface area contributed by atoms with Crippen LogP contribution in [-0.2, 0) is 9.84 Å². The fraction of sp³-hybridized carbons (Fsp3) is 0.133. The molecule has 0 spiro atoms. The van der Waals surface area contributed by atoms with Crippen LogP contribution < -0.4 is 5.73 Å². The van der Waals surface area contributed by atoms with Gasteiger partial charge < -0.3 is 5.73 Å². The molecule has 0 bridgehead atoms. The first-order chi connectivity index (χ1) is 9.88. The Hall–Kier alpha value is -2.34. The van der Waals surface area contributed by atoms with Crippen LogP contribution in [0.4, 0.5) is 5.95 Å². The van der Waals surface area contributed by atoms with Crippen LogP contribution in [0.15, 0.2) is 47.4 Å². The number of nitrogens with zero attached hydrogens (tertiary/aromatic N) is 2. The highest BCUT2D eigenvalue weighted by Crippen LogP contribution is 2.25. The first-order valence-corrected chi connectivity index (χ1v) is 8.31. The number of para-hydroxylation sites is 1. The van der Waals surface area contributed by atoms with E-state index in [4.69, 9.17) is 5.73 Å². The number of rotatable bonds is 2. The van der Waals surface area contributed by atoms with Crippen molar-refractivity contribution >= 4 is 26.8 Å². The standard InChI is InChI=1S/C15H15N3O2S/c1-10-4-3-5-13-14(10)17-15(16)18(13)11-6-8-12(9-7-11)21(2,19)20/h3-9H,1-2H3,(H2,16,17). The van der Waals surface area contributed by atoms with Crippen molar-refractivity contribution in [3.8, 4) is 5.69 Å². The quantitative estimate of drug-likeness (QED) is 0.788. The summed E-state index contributed by atoms with van der Waals surface area (Å²) in [6.07, 6.45) is 1.19. The summed E-state index contributed by atoms with van der Waals surface area (Å²) in [6.45, 7) is 1.98. The van der Waals surface area contributed by atoms with Gasteiger partial charge in [-0.25, -0.2) is 13.4 Å². The summed E-state index contributed by atoms with van der Waals surface area (Å²) in [7, 11) is -3.20. The molecule has 0 aliphatic carbocycles. The lowest BCUT2D eigenvalue weighted by Crippen LogP contribution is -2.02. The molecule has 1 aromatic heterocycles. The van der Waals surface area contributed by atoms with Crippen LogP contribution >= 0.6 is 0 Å². The summed E-state index contributed by atoms with van der Waals surface area (Å²) in [6, 6.07) is 12.5. The summed E-state index contributed by atoms with van der Waals surface area (Å²) in [5, 5.41) is 0. The van der Waals surface area contributed by atoms with Crippen molar-refractivity contribution in [2.45, 2.75) is 11.8 Å². The number of nitrogen functional groups attached to an aromatic ring is 1. The molecule has 0 radical (unpaired) electrons. The minimum Gasteiger partial charge on any atom is -0.369 e. The van der Waals surface area contributed by atoms with E-state index in [-0.39, 0.29) is 4.90 Å². The number of hydrogen-bond acceptors (Lipinski definition) is 4. The van der Waals surface area contributed by atoms with Crippen molar-refractivity contribution in [1.82, 2.24) is 9.55 Å². The normalized spacial score (nSPS) is 11.9. The van der Waals surface area contributed by atoms with Crippen LogP contribution in [0.25, 0.3) is 16.7 Å². The number of benzene rings is 2. The maximum atomic E-state index is 11.5. The molecule has 5 nitrogen and oxygen atoms in total. The average molecular weight is 301 g/mol. The number of hydrogen-bond donors (Lipinski definition) is 1. The van der Waals surface area contributed by atoms with E-state index in [0.717, 1.165) is 22.3 Å². The third-order valence-electron chi connectivity index (χ3n) is 3.44. The topological polar surface area (TPSA) is 78.0 Å². The number of sulfone groups is 1. The van der Waals surface area contributed by atoms with Gasteiger partial charge in [-0.3, -0.25) is 4.57 Å². The molecule has 21 heavy (non-hydrogen) atoms. The van der Waals surface area contributed by atoms with Gasteiger partial charge in [-0.15, -0.1) is 0 Å². The van der Waals surface area contributed by atoms with Gasteiger partial charge in [0.05, 0.1) is 15.9 Å². The third-order valence-corrected chi connectivity index (χ3v) is 4.56. The second-order valence-electron chi connectivity index (χ2n) is 5.01. The number of aromatic nitrogens is 2. The molecular weight excluding hydrogens is 286 g/mol. The van der Waals surface area contributed by atoms with Gasteiger partial charge in [-0.2, -0.15) is 0 Å². The number of anilines is 1. The third kappa shape index (κ3) is 2.27. The highest BCUT2D eigenvalue weighted by atomic mass is 32.2. The predicted molar refractivity (Wildman–Crippen MR) is 83.3 cm³/mol. The fourth-order valence-electron chi connectivity index (χ4n) is 2.37. The van der Waals surface area contributed by atoms with E-state index in [0.29, 0.717) is 5.95 Å². The second kappa shape index (κ2) is 4.60. The van der Waals surface area contributed by atoms with Crippen molar-refractivity contribution < 1.29 is 8.42 Å². The lowest BCUT2D eigenvalue weighted by atomic mass is 10.2. The Bertz CT molecular complexity index is 925. The van der Waals surface area contributed by atoms with Crippen LogP contribution in [0.1, 0.15) is 5.56 Å². The molecule has 0 aliphatic rings. The van der Waals surface area contributed by atoms with Crippen molar-refractivity contribution in [3.05, 3.63) is 48.0 Å². The molecule has 2 N–H and O–H groups in total. The van der Waals surface area contributed by atoms with E-state index in [9.17, 15) is 8.42 Å². The summed E-state index contributed by atoms with van der Waals surface area (Å²) in [5.74, 6) is 0.381. The Kier molecular flexibility index (Phi) is 2.98. The minimum absolute atomic E-state index is 0.283. The maximum absolute atomic E-state index is 11.5. The van der Waals surface area contributed by atoms with Gasteiger partial charge in [-0.1, -0.05) is 12.1 Å². The molecule has 0 saturated carbocycles. The Morgan fingerprint density at radius 1 is 1.10 bits per heavy atom. The molecule has 2 aromatic carbocycles. The smallest absolute Gasteiger partial charge is 0.205 e. The van der Waals surface area contributed by atoms with Gasteiger partial charge >= 0.3 is 0 Å². The van der Waals surface area contributed by atoms with Gasteiger partial charge in [0.2, 0.25) is 5.95 Å². The number of imidazole rings is 1. The van der Waals surface area contributed by atoms with Crippen LogP contribution in [0.2, 0.25) is 0 Å². The van der Waals surface area contributed by atoms with Crippen LogP contribution in [0.5, 0.6) is 0 Å². The Morgan fingerprint density at radius 2 is 1.76 bits per heavy atom. The van der Waals surface area contributed by atoms with E-state index in [1.165, 1.54) is 6.26 Å². The fourth-order valence-corrected chi connectivity index (χ4v) is 3.00. The van der Waals surface area contributed by atoms with Gasteiger partial charge in [0, 0.05) is 11.9 Å². The number of aryl methyl sites for hydroxylation is 1. The highest BCUT2D eigenvalue weighted by Gasteiger charge is 2.12. The number of fused-ring (bicyclic) bond motifs is 1. The Morgan fingerprint density at radius 3 is 2.38 bits per heavy atom. The molecule has 1 heterocycles. The number of nitrogens with two attached hydrogens (primary N) is 1. The molecule has 0 fully saturated rings. The van der Waals surface area contributed by atoms with Crippen LogP contribution in [0, 0.1) is 6.92 Å². The lowest BCUT2D eigenvalue weighted by Gasteiger charge is -2.07. The van der Waals surface area contributed by atoms with Crippen molar-refractivity contribution in [2.75, 3.05) is 12.0 Å². The second-order valence-corrected chi connectivity index (χ2v) is 7.03. The molecular formula is C15H15N3O2S. The van der Waals surface area contributed by atoms with Crippen molar-refractivity contribution in [3.63, 3.8) is 0 Å². The molecule has 6 heteroatoms. The molecule has 3 rings (SSSR count). The van der Waals surface area contributed by atoms with E-state index in [1.54, 1.807) is 24.3 Å². The summed E-state index contributed by atoms with van der Waals surface area (Å²) < 4.78 is 24.8. The van der Waals surface area contributed by atoms with Crippen LogP contribution in [0.3, 0.4) is 0 Å². The van der Waals surface area contributed by atoms with E-state index < -0.39 is 9.84 Å². The van der Waals surface area contributed by atoms with Gasteiger partial charge in [0.1, 0.15) is 0 Å². The summed E-state index contributed by atoms with van der Waals surface area (Å²) in [4.78, 5) is 4.67.